The molecule has 12 heavy (non-hydrogen) atoms. The molecule has 70 valence electrons. The lowest BCUT2D eigenvalue weighted by molar-refractivity contribution is -0.127. The van der Waals surface area contributed by atoms with Crippen LogP contribution in [0.25, 0.3) is 0 Å². The maximum atomic E-state index is 11.3. The lowest BCUT2D eigenvalue weighted by atomic mass is 10.1. The minimum atomic E-state index is 0.331. The molecular formula is C9H18N2O. The van der Waals surface area contributed by atoms with Crippen LogP contribution in [0.3, 0.4) is 0 Å². The number of carbonyl (C=O) groups excluding carboxylic acids is 1. The second-order valence-corrected chi connectivity index (χ2v) is 3.42. The Morgan fingerprint density at radius 2 is 2.42 bits per heavy atom. The second-order valence-electron chi connectivity index (χ2n) is 3.42. The molecule has 0 aliphatic carbocycles. The van der Waals surface area contributed by atoms with Gasteiger partial charge in [0.2, 0.25) is 5.91 Å². The Labute approximate surface area is 74.1 Å². The lowest BCUT2D eigenvalue weighted by Gasteiger charge is -2.15. The van der Waals surface area contributed by atoms with Crippen molar-refractivity contribution in [2.45, 2.75) is 19.8 Å². The average molecular weight is 170 g/mol. The largest absolute Gasteiger partial charge is 0.341 e. The Morgan fingerprint density at radius 3 is 2.92 bits per heavy atom. The van der Waals surface area contributed by atoms with Crippen molar-refractivity contribution < 1.29 is 4.79 Å². The van der Waals surface area contributed by atoms with Crippen LogP contribution in [0.5, 0.6) is 0 Å². The summed E-state index contributed by atoms with van der Waals surface area (Å²) in [5, 5.41) is 3.05. The van der Waals surface area contributed by atoms with Gasteiger partial charge in [0.05, 0.1) is 0 Å². The van der Waals surface area contributed by atoms with E-state index >= 15 is 0 Å². The predicted molar refractivity (Wildman–Crippen MR) is 48.9 cm³/mol. The van der Waals surface area contributed by atoms with Crippen molar-refractivity contribution in [3.63, 3.8) is 0 Å². The molecule has 1 rings (SSSR count). The summed E-state index contributed by atoms with van der Waals surface area (Å²) in [7, 11) is 1.91. The molecule has 1 N–H and O–H groups in total. The zero-order valence-electron chi connectivity index (χ0n) is 7.97. The Bertz CT molecular complexity index is 159. The smallest absolute Gasteiger partial charge is 0.222 e. The molecule has 3 nitrogen and oxygen atoms in total. The molecule has 0 saturated carbocycles. The molecule has 1 amide bonds. The fourth-order valence-electron chi connectivity index (χ4n) is 1.59. The minimum Gasteiger partial charge on any atom is -0.341 e. The third kappa shape index (κ3) is 2.21. The molecule has 3 heteroatoms. The van der Waals surface area contributed by atoms with Crippen LogP contribution < -0.4 is 5.32 Å². The summed E-state index contributed by atoms with van der Waals surface area (Å²) in [4.78, 5) is 13.3. The van der Waals surface area contributed by atoms with Gasteiger partial charge in [-0.25, -0.2) is 0 Å². The van der Waals surface area contributed by atoms with Gasteiger partial charge in [0, 0.05) is 26.1 Å². The molecule has 0 bridgehead atoms. The van der Waals surface area contributed by atoms with Crippen molar-refractivity contribution in [1.82, 2.24) is 10.2 Å². The van der Waals surface area contributed by atoms with Gasteiger partial charge in [-0.3, -0.25) is 4.79 Å². The van der Waals surface area contributed by atoms with Crippen LogP contribution in [0.2, 0.25) is 0 Å². The van der Waals surface area contributed by atoms with Gasteiger partial charge in [0.1, 0.15) is 0 Å². The van der Waals surface area contributed by atoms with E-state index in [2.05, 4.69) is 12.2 Å². The van der Waals surface area contributed by atoms with Crippen molar-refractivity contribution >= 4 is 5.91 Å². The van der Waals surface area contributed by atoms with Gasteiger partial charge < -0.3 is 10.2 Å². The highest BCUT2D eigenvalue weighted by molar-refractivity contribution is 5.78. The fourth-order valence-corrected chi connectivity index (χ4v) is 1.59. The van der Waals surface area contributed by atoms with Gasteiger partial charge >= 0.3 is 0 Å². The molecule has 1 saturated heterocycles. The number of hydrogen-bond donors (Lipinski definition) is 1. The average Bonchev–Trinajstić information content (AvgIpc) is 2.43. The van der Waals surface area contributed by atoms with Gasteiger partial charge in [-0.1, -0.05) is 13.3 Å². The maximum Gasteiger partial charge on any atom is 0.222 e. The van der Waals surface area contributed by atoms with E-state index in [1.165, 1.54) is 0 Å². The van der Waals surface area contributed by atoms with E-state index in [0.717, 1.165) is 32.5 Å². The van der Waals surface area contributed by atoms with Gasteiger partial charge in [-0.2, -0.15) is 0 Å². The first kappa shape index (κ1) is 9.52. The number of likely N-dealkylation sites (N-methyl/N-ethyl adjacent to an activating group) is 1. The number of amides is 1. The van der Waals surface area contributed by atoms with Crippen LogP contribution in [0.15, 0.2) is 0 Å². The SMILES string of the molecule is CCC1CC(=O)N(CCNC)C1. The molecule has 0 spiro atoms. The van der Waals surface area contributed by atoms with Gasteiger partial charge in [0.25, 0.3) is 0 Å². The zero-order chi connectivity index (χ0) is 8.97. The quantitative estimate of drug-likeness (QED) is 0.665. The number of rotatable bonds is 4. The molecule has 1 unspecified atom stereocenters. The summed E-state index contributed by atoms with van der Waals surface area (Å²) < 4.78 is 0. The maximum absolute atomic E-state index is 11.3. The van der Waals surface area contributed by atoms with E-state index in [9.17, 15) is 4.79 Å². The van der Waals surface area contributed by atoms with Crippen LogP contribution in [0.1, 0.15) is 19.8 Å². The van der Waals surface area contributed by atoms with Crippen molar-refractivity contribution in [2.75, 3.05) is 26.7 Å². The highest BCUT2D eigenvalue weighted by atomic mass is 16.2. The van der Waals surface area contributed by atoms with Gasteiger partial charge in [-0.15, -0.1) is 0 Å². The third-order valence-electron chi connectivity index (χ3n) is 2.50. The van der Waals surface area contributed by atoms with E-state index < -0.39 is 0 Å². The molecule has 0 aromatic carbocycles. The molecule has 1 fully saturated rings. The van der Waals surface area contributed by atoms with E-state index in [4.69, 9.17) is 0 Å². The zero-order valence-corrected chi connectivity index (χ0v) is 7.97. The lowest BCUT2D eigenvalue weighted by Crippen LogP contribution is -2.32. The van der Waals surface area contributed by atoms with Crippen LogP contribution in [-0.4, -0.2) is 37.5 Å². The standard InChI is InChI=1S/C9H18N2O/c1-3-8-6-9(12)11(7-8)5-4-10-2/h8,10H,3-7H2,1-2H3. The predicted octanol–water partition coefficient (Wildman–Crippen LogP) is 0.464. The van der Waals surface area contributed by atoms with Crippen molar-refractivity contribution in [1.29, 1.82) is 0 Å². The van der Waals surface area contributed by atoms with E-state index in [1.807, 2.05) is 11.9 Å². The van der Waals surface area contributed by atoms with E-state index in [-0.39, 0.29) is 0 Å². The van der Waals surface area contributed by atoms with Gasteiger partial charge in [-0.05, 0) is 13.0 Å². The van der Waals surface area contributed by atoms with E-state index in [0.29, 0.717) is 11.8 Å². The molecule has 0 aromatic rings. The summed E-state index contributed by atoms with van der Waals surface area (Å²) >= 11 is 0. The van der Waals surface area contributed by atoms with Crippen molar-refractivity contribution in [3.05, 3.63) is 0 Å². The molecule has 1 aliphatic rings. The van der Waals surface area contributed by atoms with Crippen LogP contribution >= 0.6 is 0 Å². The van der Waals surface area contributed by atoms with Crippen LogP contribution in [0.4, 0.5) is 0 Å². The first-order valence-corrected chi connectivity index (χ1v) is 4.70. The first-order valence-electron chi connectivity index (χ1n) is 4.70. The Hall–Kier alpha value is -0.570. The summed E-state index contributed by atoms with van der Waals surface area (Å²) in [6.07, 6.45) is 1.89. The monoisotopic (exact) mass is 170 g/mol. The minimum absolute atomic E-state index is 0.331. The molecule has 0 aromatic heterocycles. The molecular weight excluding hydrogens is 152 g/mol. The number of hydrogen-bond acceptors (Lipinski definition) is 2. The van der Waals surface area contributed by atoms with Crippen LogP contribution in [0, 0.1) is 5.92 Å². The van der Waals surface area contributed by atoms with Gasteiger partial charge in [0.15, 0.2) is 0 Å². The summed E-state index contributed by atoms with van der Waals surface area (Å²) in [6.45, 7) is 4.89. The number of carbonyl (C=O) groups is 1. The summed E-state index contributed by atoms with van der Waals surface area (Å²) in [6, 6.07) is 0. The number of likely N-dealkylation sites (tertiary alicyclic amines) is 1. The Balaban J connectivity index is 2.31. The number of nitrogens with one attached hydrogen (secondary N) is 1. The topological polar surface area (TPSA) is 32.3 Å². The fraction of sp³-hybridized carbons (Fsp3) is 0.889. The molecule has 0 radical (unpaired) electrons. The molecule has 1 heterocycles. The second kappa shape index (κ2) is 4.45. The summed E-state index contributed by atoms with van der Waals surface area (Å²) in [5.41, 5.74) is 0. The van der Waals surface area contributed by atoms with Crippen molar-refractivity contribution in [3.8, 4) is 0 Å². The molecule has 1 atom stereocenters. The normalized spacial score (nSPS) is 23.7. The highest BCUT2D eigenvalue weighted by Gasteiger charge is 2.27. The molecule has 1 aliphatic heterocycles. The third-order valence-corrected chi connectivity index (χ3v) is 2.50. The van der Waals surface area contributed by atoms with E-state index in [1.54, 1.807) is 0 Å². The Kier molecular flexibility index (Phi) is 3.53. The highest BCUT2D eigenvalue weighted by Crippen LogP contribution is 2.19. The summed E-state index contributed by atoms with van der Waals surface area (Å²) in [5.74, 6) is 0.937. The Morgan fingerprint density at radius 1 is 1.67 bits per heavy atom. The van der Waals surface area contributed by atoms with Crippen LogP contribution in [-0.2, 0) is 4.79 Å². The first-order chi connectivity index (χ1) is 5.77. The number of nitrogens with zero attached hydrogens (tertiary/aromatic N) is 1. The van der Waals surface area contributed by atoms with Crippen molar-refractivity contribution in [2.24, 2.45) is 5.92 Å².